The van der Waals surface area contributed by atoms with Gasteiger partial charge in [-0.3, -0.25) is 9.59 Å². The van der Waals surface area contributed by atoms with Crippen molar-refractivity contribution in [3.63, 3.8) is 0 Å². The number of carbonyl (C=O) groups excluding carboxylic acids is 2. The average Bonchev–Trinajstić information content (AvgIpc) is 3.31. The standard InChI is InChI=1S/C24H24N4O3/c25-18-9-5-16(6-10-18)23-26-14-21(31-23)15-7-11-19(12-8-15)27-22(29)20-2-1-13-28(20)24(30)17-3-4-17/h5-12,14,17,20H,1-4,13,25H2,(H,27,29)/t20-/m0/s1. The van der Waals surface area contributed by atoms with Crippen LogP contribution in [0.3, 0.4) is 0 Å². The van der Waals surface area contributed by atoms with Crippen molar-refractivity contribution in [2.75, 3.05) is 17.6 Å². The van der Waals surface area contributed by atoms with Gasteiger partial charge in [0, 0.05) is 35.0 Å². The normalized spacial score (nSPS) is 18.2. The van der Waals surface area contributed by atoms with E-state index in [1.54, 1.807) is 23.2 Å². The van der Waals surface area contributed by atoms with E-state index in [2.05, 4.69) is 10.3 Å². The number of amides is 2. The molecular formula is C24H24N4O3. The third kappa shape index (κ3) is 4.03. The van der Waals surface area contributed by atoms with Crippen LogP contribution in [0.1, 0.15) is 25.7 Å². The van der Waals surface area contributed by atoms with Crippen LogP contribution in [0.15, 0.2) is 59.1 Å². The number of nitrogen functional groups attached to an aromatic ring is 1. The highest BCUT2D eigenvalue weighted by atomic mass is 16.4. The van der Waals surface area contributed by atoms with E-state index in [0.717, 1.165) is 30.4 Å². The lowest BCUT2D eigenvalue weighted by atomic mass is 10.1. The molecule has 1 aromatic heterocycles. The molecule has 1 aliphatic heterocycles. The fourth-order valence-corrected chi connectivity index (χ4v) is 3.98. The number of hydrogen-bond donors (Lipinski definition) is 2. The Kier molecular flexibility index (Phi) is 4.94. The Morgan fingerprint density at radius 2 is 1.71 bits per heavy atom. The summed E-state index contributed by atoms with van der Waals surface area (Å²) in [4.78, 5) is 31.3. The van der Waals surface area contributed by atoms with Gasteiger partial charge >= 0.3 is 0 Å². The van der Waals surface area contributed by atoms with Crippen molar-refractivity contribution in [1.82, 2.24) is 9.88 Å². The molecule has 1 saturated carbocycles. The summed E-state index contributed by atoms with van der Waals surface area (Å²) in [7, 11) is 0. The second-order valence-corrected chi connectivity index (χ2v) is 8.18. The largest absolute Gasteiger partial charge is 0.436 e. The predicted octanol–water partition coefficient (Wildman–Crippen LogP) is 3.93. The first-order chi connectivity index (χ1) is 15.1. The number of nitrogens with zero attached hydrogens (tertiary/aromatic N) is 2. The van der Waals surface area contributed by atoms with E-state index in [4.69, 9.17) is 10.2 Å². The molecule has 2 fully saturated rings. The lowest BCUT2D eigenvalue weighted by Crippen LogP contribution is -2.43. The van der Waals surface area contributed by atoms with Crippen molar-refractivity contribution in [2.45, 2.75) is 31.7 Å². The monoisotopic (exact) mass is 416 g/mol. The third-order valence-corrected chi connectivity index (χ3v) is 5.87. The van der Waals surface area contributed by atoms with Gasteiger partial charge in [-0.25, -0.2) is 4.98 Å². The number of oxazole rings is 1. The Morgan fingerprint density at radius 3 is 2.42 bits per heavy atom. The quantitative estimate of drug-likeness (QED) is 0.614. The smallest absolute Gasteiger partial charge is 0.247 e. The van der Waals surface area contributed by atoms with Crippen molar-refractivity contribution in [2.24, 2.45) is 5.92 Å². The summed E-state index contributed by atoms with van der Waals surface area (Å²) < 4.78 is 5.88. The fourth-order valence-electron chi connectivity index (χ4n) is 3.98. The van der Waals surface area contributed by atoms with Crippen LogP contribution in [0.25, 0.3) is 22.8 Å². The maximum Gasteiger partial charge on any atom is 0.247 e. The minimum Gasteiger partial charge on any atom is -0.436 e. The van der Waals surface area contributed by atoms with Gasteiger partial charge in [0.15, 0.2) is 5.76 Å². The summed E-state index contributed by atoms with van der Waals surface area (Å²) in [5, 5.41) is 2.95. The molecular weight excluding hydrogens is 392 g/mol. The second-order valence-electron chi connectivity index (χ2n) is 8.18. The van der Waals surface area contributed by atoms with Crippen LogP contribution in [0.5, 0.6) is 0 Å². The van der Waals surface area contributed by atoms with Gasteiger partial charge in [-0.05, 0) is 74.2 Å². The van der Waals surface area contributed by atoms with Crippen LogP contribution in [-0.4, -0.2) is 34.3 Å². The molecule has 5 rings (SSSR count). The highest BCUT2D eigenvalue weighted by Crippen LogP contribution is 2.34. The van der Waals surface area contributed by atoms with Gasteiger partial charge in [-0.1, -0.05) is 0 Å². The SMILES string of the molecule is Nc1ccc(-c2ncc(-c3ccc(NC(=O)[C@@H]4CCCN4C(=O)C4CC4)cc3)o2)cc1. The van der Waals surface area contributed by atoms with Crippen molar-refractivity contribution < 1.29 is 14.0 Å². The Bertz CT molecular complexity index is 1100. The molecule has 3 aromatic rings. The Balaban J connectivity index is 1.25. The van der Waals surface area contributed by atoms with Gasteiger partial charge in [0.05, 0.1) is 6.20 Å². The number of nitrogens with one attached hydrogen (secondary N) is 1. The number of hydrogen-bond acceptors (Lipinski definition) is 5. The zero-order chi connectivity index (χ0) is 21.4. The van der Waals surface area contributed by atoms with Crippen molar-refractivity contribution >= 4 is 23.2 Å². The maximum atomic E-state index is 12.8. The fraction of sp³-hybridized carbons (Fsp3) is 0.292. The molecule has 31 heavy (non-hydrogen) atoms. The van der Waals surface area contributed by atoms with Crippen LogP contribution in [-0.2, 0) is 9.59 Å². The summed E-state index contributed by atoms with van der Waals surface area (Å²) in [6.07, 6.45) is 5.17. The minimum absolute atomic E-state index is 0.121. The summed E-state index contributed by atoms with van der Waals surface area (Å²) in [5.41, 5.74) is 8.82. The van der Waals surface area contributed by atoms with Gasteiger partial charge in [0.25, 0.3) is 0 Å². The maximum absolute atomic E-state index is 12.8. The first-order valence-electron chi connectivity index (χ1n) is 10.6. The lowest BCUT2D eigenvalue weighted by molar-refractivity contribution is -0.137. The van der Waals surface area contributed by atoms with Crippen LogP contribution in [0.2, 0.25) is 0 Å². The number of aromatic nitrogens is 1. The Hall–Kier alpha value is -3.61. The summed E-state index contributed by atoms with van der Waals surface area (Å²) in [6, 6.07) is 14.4. The molecule has 2 amide bonds. The first-order valence-corrected chi connectivity index (χ1v) is 10.6. The van der Waals surface area contributed by atoms with E-state index in [1.807, 2.05) is 36.4 Å². The van der Waals surface area contributed by atoms with Crippen LogP contribution in [0, 0.1) is 5.92 Å². The highest BCUT2D eigenvalue weighted by Gasteiger charge is 2.40. The number of benzene rings is 2. The van der Waals surface area contributed by atoms with Gasteiger partial charge in [0.1, 0.15) is 6.04 Å². The molecule has 0 spiro atoms. The molecule has 0 bridgehead atoms. The van der Waals surface area contributed by atoms with Gasteiger partial charge in [0.2, 0.25) is 17.7 Å². The molecule has 2 aromatic carbocycles. The molecule has 0 radical (unpaired) electrons. The van der Waals surface area contributed by atoms with Crippen molar-refractivity contribution in [3.8, 4) is 22.8 Å². The molecule has 0 unspecified atom stereocenters. The van der Waals surface area contributed by atoms with E-state index in [0.29, 0.717) is 36.0 Å². The Labute approximate surface area is 180 Å². The molecule has 2 aliphatic rings. The Morgan fingerprint density at radius 1 is 1.00 bits per heavy atom. The van der Waals surface area contributed by atoms with E-state index in [9.17, 15) is 9.59 Å². The molecule has 7 heteroatoms. The van der Waals surface area contributed by atoms with E-state index in [1.165, 1.54) is 0 Å². The van der Waals surface area contributed by atoms with Crippen molar-refractivity contribution in [3.05, 3.63) is 54.7 Å². The molecule has 7 nitrogen and oxygen atoms in total. The molecule has 158 valence electrons. The molecule has 1 atom stereocenters. The number of nitrogens with two attached hydrogens (primary N) is 1. The zero-order valence-electron chi connectivity index (χ0n) is 17.1. The minimum atomic E-state index is -0.371. The van der Waals surface area contributed by atoms with E-state index < -0.39 is 0 Å². The second kappa shape index (κ2) is 7.91. The third-order valence-electron chi connectivity index (χ3n) is 5.87. The predicted molar refractivity (Wildman–Crippen MR) is 118 cm³/mol. The van der Waals surface area contributed by atoms with Gasteiger partial charge in [-0.15, -0.1) is 0 Å². The summed E-state index contributed by atoms with van der Waals surface area (Å²) >= 11 is 0. The molecule has 2 heterocycles. The van der Waals surface area contributed by atoms with Crippen LogP contribution < -0.4 is 11.1 Å². The number of rotatable bonds is 5. The topological polar surface area (TPSA) is 101 Å². The molecule has 1 saturated heterocycles. The number of likely N-dealkylation sites (tertiary alicyclic amines) is 1. The van der Waals surface area contributed by atoms with Crippen molar-refractivity contribution in [1.29, 1.82) is 0 Å². The lowest BCUT2D eigenvalue weighted by Gasteiger charge is -2.24. The van der Waals surface area contributed by atoms with Gasteiger partial charge in [-0.2, -0.15) is 0 Å². The summed E-state index contributed by atoms with van der Waals surface area (Å²) in [5.74, 6) is 1.31. The van der Waals surface area contributed by atoms with Crippen LogP contribution in [0.4, 0.5) is 11.4 Å². The first kappa shape index (κ1) is 19.4. The van der Waals surface area contributed by atoms with Gasteiger partial charge < -0.3 is 20.4 Å². The number of anilines is 2. The van der Waals surface area contributed by atoms with E-state index in [-0.39, 0.29) is 23.8 Å². The zero-order valence-corrected chi connectivity index (χ0v) is 17.1. The summed E-state index contributed by atoms with van der Waals surface area (Å²) in [6.45, 7) is 0.675. The average molecular weight is 416 g/mol. The highest BCUT2D eigenvalue weighted by molar-refractivity contribution is 5.98. The number of carbonyl (C=O) groups is 2. The molecule has 3 N–H and O–H groups in total. The van der Waals surface area contributed by atoms with E-state index >= 15 is 0 Å². The molecule has 1 aliphatic carbocycles. The van der Waals surface area contributed by atoms with Crippen LogP contribution >= 0.6 is 0 Å².